The molecule has 0 bridgehead atoms. The van der Waals surface area contributed by atoms with Gasteiger partial charge in [-0.05, 0) is 30.5 Å². The van der Waals surface area contributed by atoms with Crippen molar-refractivity contribution in [3.63, 3.8) is 0 Å². The summed E-state index contributed by atoms with van der Waals surface area (Å²) in [6, 6.07) is 10.6. The molecule has 18 heavy (non-hydrogen) atoms. The predicted molar refractivity (Wildman–Crippen MR) is 73.4 cm³/mol. The summed E-state index contributed by atoms with van der Waals surface area (Å²) < 4.78 is 5.60. The molecule has 1 atom stereocenters. The van der Waals surface area contributed by atoms with Crippen LogP contribution in [0, 0.1) is 11.3 Å². The standard InChI is InChI=1S/C15H22N2O/c1-3-10-18-15-7-5-6-13(11-15)12-17-14(4-2)8-9-16/h5-7,11,14,17H,3-4,8,10,12H2,1-2H3. The molecule has 0 aliphatic heterocycles. The highest BCUT2D eigenvalue weighted by Gasteiger charge is 2.05. The average Bonchev–Trinajstić information content (AvgIpc) is 2.41. The second-order valence-corrected chi connectivity index (χ2v) is 4.34. The molecular formula is C15H22N2O. The largest absolute Gasteiger partial charge is 0.494 e. The summed E-state index contributed by atoms with van der Waals surface area (Å²) in [4.78, 5) is 0. The van der Waals surface area contributed by atoms with Gasteiger partial charge in [-0.15, -0.1) is 0 Å². The number of nitrogens with one attached hydrogen (secondary N) is 1. The third-order valence-electron chi connectivity index (χ3n) is 2.80. The summed E-state index contributed by atoms with van der Waals surface area (Å²) in [5, 5.41) is 12.1. The van der Waals surface area contributed by atoms with E-state index in [-0.39, 0.29) is 6.04 Å². The Hall–Kier alpha value is -1.53. The zero-order valence-electron chi connectivity index (χ0n) is 11.3. The quantitative estimate of drug-likeness (QED) is 0.765. The van der Waals surface area contributed by atoms with E-state index in [0.717, 1.165) is 31.7 Å². The fraction of sp³-hybridized carbons (Fsp3) is 0.533. The molecule has 3 heteroatoms. The molecular weight excluding hydrogens is 224 g/mol. The molecule has 0 heterocycles. The molecule has 0 fully saturated rings. The first-order valence-corrected chi connectivity index (χ1v) is 6.62. The topological polar surface area (TPSA) is 45.0 Å². The van der Waals surface area contributed by atoms with Crippen LogP contribution in [0.1, 0.15) is 38.7 Å². The van der Waals surface area contributed by atoms with Gasteiger partial charge in [0.15, 0.2) is 0 Å². The van der Waals surface area contributed by atoms with Crippen LogP contribution in [0.25, 0.3) is 0 Å². The van der Waals surface area contributed by atoms with Crippen LogP contribution in [-0.4, -0.2) is 12.6 Å². The van der Waals surface area contributed by atoms with Crippen molar-refractivity contribution >= 4 is 0 Å². The lowest BCUT2D eigenvalue weighted by molar-refractivity contribution is 0.317. The van der Waals surface area contributed by atoms with Crippen LogP contribution in [0.2, 0.25) is 0 Å². The van der Waals surface area contributed by atoms with E-state index in [4.69, 9.17) is 10.00 Å². The molecule has 0 spiro atoms. The van der Waals surface area contributed by atoms with Gasteiger partial charge in [0.25, 0.3) is 0 Å². The van der Waals surface area contributed by atoms with Gasteiger partial charge in [0.05, 0.1) is 19.1 Å². The molecule has 1 aromatic rings. The maximum absolute atomic E-state index is 8.70. The third kappa shape index (κ3) is 5.20. The Balaban J connectivity index is 2.48. The van der Waals surface area contributed by atoms with Gasteiger partial charge in [-0.1, -0.05) is 26.0 Å². The van der Waals surface area contributed by atoms with Gasteiger partial charge in [0.2, 0.25) is 0 Å². The second kappa shape index (κ2) is 8.54. The van der Waals surface area contributed by atoms with Crippen LogP contribution < -0.4 is 10.1 Å². The number of hydrogen-bond acceptors (Lipinski definition) is 3. The normalized spacial score (nSPS) is 11.8. The van der Waals surface area contributed by atoms with Gasteiger partial charge in [-0.25, -0.2) is 0 Å². The van der Waals surface area contributed by atoms with Crippen molar-refractivity contribution in [1.29, 1.82) is 5.26 Å². The molecule has 0 saturated carbocycles. The Morgan fingerprint density at radius 3 is 2.89 bits per heavy atom. The molecule has 98 valence electrons. The molecule has 0 radical (unpaired) electrons. The molecule has 0 saturated heterocycles. The van der Waals surface area contributed by atoms with E-state index < -0.39 is 0 Å². The maximum atomic E-state index is 8.70. The number of nitrogens with zero attached hydrogens (tertiary/aromatic N) is 1. The minimum Gasteiger partial charge on any atom is -0.494 e. The minimum atomic E-state index is 0.273. The summed E-state index contributed by atoms with van der Waals surface area (Å²) in [7, 11) is 0. The fourth-order valence-electron chi connectivity index (χ4n) is 1.70. The minimum absolute atomic E-state index is 0.273. The van der Waals surface area contributed by atoms with Crippen molar-refractivity contribution < 1.29 is 4.74 Å². The number of rotatable bonds is 8. The van der Waals surface area contributed by atoms with E-state index in [0.29, 0.717) is 6.42 Å². The molecule has 0 amide bonds. The Morgan fingerprint density at radius 1 is 1.39 bits per heavy atom. The second-order valence-electron chi connectivity index (χ2n) is 4.34. The van der Waals surface area contributed by atoms with Crippen LogP contribution in [-0.2, 0) is 6.54 Å². The monoisotopic (exact) mass is 246 g/mol. The lowest BCUT2D eigenvalue weighted by Crippen LogP contribution is -2.27. The molecule has 0 aliphatic rings. The van der Waals surface area contributed by atoms with E-state index in [1.807, 2.05) is 12.1 Å². The predicted octanol–water partition coefficient (Wildman–Crippen LogP) is 3.26. The summed E-state index contributed by atoms with van der Waals surface area (Å²) in [5.41, 5.74) is 1.19. The zero-order chi connectivity index (χ0) is 13.2. The molecule has 3 nitrogen and oxygen atoms in total. The van der Waals surface area contributed by atoms with Crippen molar-refractivity contribution in [1.82, 2.24) is 5.32 Å². The molecule has 0 aromatic heterocycles. The van der Waals surface area contributed by atoms with Gasteiger partial charge in [0, 0.05) is 12.6 Å². The lowest BCUT2D eigenvalue weighted by Gasteiger charge is -2.14. The van der Waals surface area contributed by atoms with Crippen LogP contribution in [0.3, 0.4) is 0 Å². The van der Waals surface area contributed by atoms with Gasteiger partial charge in [0.1, 0.15) is 5.75 Å². The van der Waals surface area contributed by atoms with Crippen LogP contribution >= 0.6 is 0 Å². The van der Waals surface area contributed by atoms with Crippen LogP contribution in [0.15, 0.2) is 24.3 Å². The van der Waals surface area contributed by atoms with E-state index in [2.05, 4.69) is 37.4 Å². The van der Waals surface area contributed by atoms with Crippen molar-refractivity contribution in [2.45, 2.75) is 45.7 Å². The maximum Gasteiger partial charge on any atom is 0.119 e. The summed E-state index contributed by atoms with van der Waals surface area (Å²) >= 11 is 0. The Labute approximate surface area is 110 Å². The van der Waals surface area contributed by atoms with E-state index >= 15 is 0 Å². The van der Waals surface area contributed by atoms with Crippen molar-refractivity contribution in [3.05, 3.63) is 29.8 Å². The third-order valence-corrected chi connectivity index (χ3v) is 2.80. The van der Waals surface area contributed by atoms with Gasteiger partial charge < -0.3 is 10.1 Å². The highest BCUT2D eigenvalue weighted by Crippen LogP contribution is 2.13. The lowest BCUT2D eigenvalue weighted by atomic mass is 10.1. The van der Waals surface area contributed by atoms with E-state index in [1.54, 1.807) is 0 Å². The smallest absolute Gasteiger partial charge is 0.119 e. The number of nitriles is 1. The summed E-state index contributed by atoms with van der Waals surface area (Å²) in [5.74, 6) is 0.921. The van der Waals surface area contributed by atoms with Crippen LogP contribution in [0.5, 0.6) is 5.75 Å². The summed E-state index contributed by atoms with van der Waals surface area (Å²) in [6.45, 7) is 5.72. The Bertz CT molecular complexity index is 384. The highest BCUT2D eigenvalue weighted by molar-refractivity contribution is 5.28. The van der Waals surface area contributed by atoms with Gasteiger partial charge in [-0.2, -0.15) is 5.26 Å². The number of ether oxygens (including phenoxy) is 1. The fourth-order valence-corrected chi connectivity index (χ4v) is 1.70. The van der Waals surface area contributed by atoms with Gasteiger partial charge in [-0.3, -0.25) is 0 Å². The molecule has 1 unspecified atom stereocenters. The molecule has 0 aliphatic carbocycles. The number of hydrogen-bond donors (Lipinski definition) is 1. The molecule has 1 rings (SSSR count). The number of benzene rings is 1. The SMILES string of the molecule is CCCOc1cccc(CNC(CC)CC#N)c1. The van der Waals surface area contributed by atoms with Gasteiger partial charge >= 0.3 is 0 Å². The molecule has 1 aromatic carbocycles. The first-order chi connectivity index (χ1) is 8.80. The van der Waals surface area contributed by atoms with Crippen LogP contribution in [0.4, 0.5) is 0 Å². The first kappa shape index (κ1) is 14.5. The zero-order valence-corrected chi connectivity index (χ0v) is 11.3. The van der Waals surface area contributed by atoms with Crippen molar-refractivity contribution in [2.24, 2.45) is 0 Å². The first-order valence-electron chi connectivity index (χ1n) is 6.62. The van der Waals surface area contributed by atoms with Crippen molar-refractivity contribution in [2.75, 3.05) is 6.61 Å². The highest BCUT2D eigenvalue weighted by atomic mass is 16.5. The van der Waals surface area contributed by atoms with E-state index in [1.165, 1.54) is 5.56 Å². The average molecular weight is 246 g/mol. The summed E-state index contributed by atoms with van der Waals surface area (Å²) in [6.07, 6.45) is 2.55. The van der Waals surface area contributed by atoms with E-state index in [9.17, 15) is 0 Å². The van der Waals surface area contributed by atoms with Crippen molar-refractivity contribution in [3.8, 4) is 11.8 Å². The molecule has 1 N–H and O–H groups in total. The Morgan fingerprint density at radius 2 is 2.22 bits per heavy atom. The Kier molecular flexibility index (Phi) is 6.90.